The Balaban J connectivity index is 4.22. The fraction of sp³-hybridized carbons (Fsp3) is 0.951. The minimum atomic E-state index is -0.763. The van der Waals surface area contributed by atoms with E-state index in [9.17, 15) is 14.4 Å². The van der Waals surface area contributed by atoms with Crippen LogP contribution < -0.4 is 0 Å². The third-order valence-corrected chi connectivity index (χ3v) is 14.0. The van der Waals surface area contributed by atoms with Gasteiger partial charge in [-0.1, -0.05) is 304 Å². The number of ether oxygens (including phenoxy) is 3. The third kappa shape index (κ3) is 55.2. The first-order valence-electron chi connectivity index (χ1n) is 30.2. The Labute approximate surface area is 418 Å². The second kappa shape index (κ2) is 53.8. The molecule has 0 aromatic rings. The Hall–Kier alpha value is -1.59. The molecule has 398 valence electrons. The highest BCUT2D eigenvalue weighted by molar-refractivity contribution is 5.71. The van der Waals surface area contributed by atoms with E-state index in [2.05, 4.69) is 34.6 Å². The molecule has 0 aromatic heterocycles. The van der Waals surface area contributed by atoms with E-state index in [1.54, 1.807) is 0 Å². The molecule has 0 fully saturated rings. The highest BCUT2D eigenvalue weighted by atomic mass is 16.6. The summed E-state index contributed by atoms with van der Waals surface area (Å²) < 4.78 is 16.9. The number of rotatable bonds is 55. The van der Waals surface area contributed by atoms with Crippen molar-refractivity contribution in [3.05, 3.63) is 0 Å². The zero-order valence-electron chi connectivity index (χ0n) is 46.0. The fourth-order valence-corrected chi connectivity index (χ4v) is 9.40. The van der Waals surface area contributed by atoms with E-state index in [4.69, 9.17) is 14.2 Å². The van der Waals surface area contributed by atoms with Crippen LogP contribution in [0.15, 0.2) is 0 Å². The van der Waals surface area contributed by atoms with Crippen molar-refractivity contribution in [3.63, 3.8) is 0 Å². The predicted octanol–water partition coefficient (Wildman–Crippen LogP) is 20.0. The van der Waals surface area contributed by atoms with Gasteiger partial charge in [-0.05, 0) is 31.1 Å². The van der Waals surface area contributed by atoms with Crippen molar-refractivity contribution in [1.29, 1.82) is 0 Å². The van der Waals surface area contributed by atoms with Crippen molar-refractivity contribution in [2.75, 3.05) is 13.2 Å². The third-order valence-electron chi connectivity index (χ3n) is 14.0. The Morgan fingerprint density at radius 3 is 0.731 bits per heavy atom. The highest BCUT2D eigenvalue weighted by Crippen LogP contribution is 2.18. The largest absolute Gasteiger partial charge is 0.462 e. The van der Waals surface area contributed by atoms with E-state index >= 15 is 0 Å². The van der Waals surface area contributed by atoms with Crippen LogP contribution in [0.1, 0.15) is 343 Å². The molecule has 0 heterocycles. The Morgan fingerprint density at radius 2 is 0.493 bits per heavy atom. The van der Waals surface area contributed by atoms with Gasteiger partial charge in [-0.3, -0.25) is 14.4 Å². The lowest BCUT2D eigenvalue weighted by Crippen LogP contribution is -2.30. The van der Waals surface area contributed by atoms with Gasteiger partial charge in [0.1, 0.15) is 13.2 Å². The Kier molecular flexibility index (Phi) is 52.5. The zero-order valence-corrected chi connectivity index (χ0v) is 46.0. The van der Waals surface area contributed by atoms with Crippen LogP contribution >= 0.6 is 0 Å². The maximum Gasteiger partial charge on any atom is 0.306 e. The summed E-state index contributed by atoms with van der Waals surface area (Å²) >= 11 is 0. The molecule has 0 amide bonds. The van der Waals surface area contributed by atoms with E-state index in [-0.39, 0.29) is 31.1 Å². The van der Waals surface area contributed by atoms with Crippen molar-refractivity contribution in [1.82, 2.24) is 0 Å². The van der Waals surface area contributed by atoms with Crippen molar-refractivity contribution < 1.29 is 28.6 Å². The first kappa shape index (κ1) is 65.4. The molecule has 0 bridgehead atoms. The minimum absolute atomic E-state index is 0.0628. The molecule has 1 atom stereocenters. The Bertz CT molecular complexity index is 1020. The standard InChI is InChI=1S/C61H118O6/c1-6-7-8-9-10-11-12-13-14-20-23-26-31-36-41-46-51-59(62)65-54-58(67-61(64)53-48-43-38-33-28-30-35-40-45-50-57(4)5)55-66-60(63)52-47-42-37-32-27-24-21-18-16-15-17-19-22-25-29-34-39-44-49-56(2)3/h56-58H,6-55H2,1-5H3/t58-/m0/s1. The number of carbonyl (C=O) groups is 3. The molecule has 0 aromatic carbocycles. The quantitative estimate of drug-likeness (QED) is 0.0343. The van der Waals surface area contributed by atoms with Crippen LogP contribution in [0.4, 0.5) is 0 Å². The first-order valence-corrected chi connectivity index (χ1v) is 30.2. The molecule has 0 saturated carbocycles. The van der Waals surface area contributed by atoms with Gasteiger partial charge in [0.15, 0.2) is 6.10 Å². The maximum absolute atomic E-state index is 12.8. The number of hydrogen-bond donors (Lipinski definition) is 0. The summed E-state index contributed by atoms with van der Waals surface area (Å²) in [6, 6.07) is 0. The molecule has 0 saturated heterocycles. The van der Waals surface area contributed by atoms with E-state index in [0.29, 0.717) is 19.3 Å². The lowest BCUT2D eigenvalue weighted by atomic mass is 10.0. The first-order chi connectivity index (χ1) is 32.7. The lowest BCUT2D eigenvalue weighted by Gasteiger charge is -2.18. The van der Waals surface area contributed by atoms with Crippen LogP contribution in [0.2, 0.25) is 0 Å². The van der Waals surface area contributed by atoms with Crippen LogP contribution in [0.3, 0.4) is 0 Å². The van der Waals surface area contributed by atoms with Crippen LogP contribution in [0.25, 0.3) is 0 Å². The molecule has 6 heteroatoms. The second-order valence-electron chi connectivity index (χ2n) is 21.9. The van der Waals surface area contributed by atoms with Gasteiger partial charge in [-0.25, -0.2) is 0 Å². The molecule has 0 N–H and O–H groups in total. The van der Waals surface area contributed by atoms with E-state index < -0.39 is 6.10 Å². The van der Waals surface area contributed by atoms with Gasteiger partial charge >= 0.3 is 17.9 Å². The van der Waals surface area contributed by atoms with Gasteiger partial charge in [-0.2, -0.15) is 0 Å². The number of carbonyl (C=O) groups excluding carboxylic acids is 3. The second-order valence-corrected chi connectivity index (χ2v) is 21.9. The number of esters is 3. The molecule has 6 nitrogen and oxygen atoms in total. The predicted molar refractivity (Wildman–Crippen MR) is 289 cm³/mol. The summed E-state index contributed by atoms with van der Waals surface area (Å²) in [6.07, 6.45) is 58.2. The molecular weight excluding hydrogens is 829 g/mol. The van der Waals surface area contributed by atoms with Gasteiger partial charge < -0.3 is 14.2 Å². The summed E-state index contributed by atoms with van der Waals surface area (Å²) in [7, 11) is 0. The molecule has 0 aliphatic heterocycles. The summed E-state index contributed by atoms with van der Waals surface area (Å²) in [5.74, 6) is 0.827. The van der Waals surface area contributed by atoms with E-state index in [1.165, 1.54) is 231 Å². The molecule has 0 aliphatic carbocycles. The van der Waals surface area contributed by atoms with Gasteiger partial charge in [0.25, 0.3) is 0 Å². The summed E-state index contributed by atoms with van der Waals surface area (Å²) in [6.45, 7) is 11.4. The number of unbranched alkanes of at least 4 members (excludes halogenated alkanes) is 40. The van der Waals surface area contributed by atoms with Crippen molar-refractivity contribution in [2.45, 2.75) is 349 Å². The smallest absolute Gasteiger partial charge is 0.306 e. The maximum atomic E-state index is 12.8. The van der Waals surface area contributed by atoms with E-state index in [1.807, 2.05) is 0 Å². The van der Waals surface area contributed by atoms with E-state index in [0.717, 1.165) is 69.6 Å². The average molecular weight is 948 g/mol. The topological polar surface area (TPSA) is 78.9 Å². The lowest BCUT2D eigenvalue weighted by molar-refractivity contribution is -0.167. The molecule has 0 unspecified atom stereocenters. The molecule has 0 rings (SSSR count). The van der Waals surface area contributed by atoms with Gasteiger partial charge in [-0.15, -0.1) is 0 Å². The SMILES string of the molecule is CCCCCCCCCCCCCCCCCCC(=O)OC[C@@H](COC(=O)CCCCCCCCCCCCCCCCCCCCC(C)C)OC(=O)CCCCCCCCCCCC(C)C. The molecular formula is C61H118O6. The fourth-order valence-electron chi connectivity index (χ4n) is 9.40. The molecule has 67 heavy (non-hydrogen) atoms. The summed E-state index contributed by atoms with van der Waals surface area (Å²) in [5.41, 5.74) is 0. The Morgan fingerprint density at radius 1 is 0.284 bits per heavy atom. The highest BCUT2D eigenvalue weighted by Gasteiger charge is 2.19. The van der Waals surface area contributed by atoms with Crippen molar-refractivity contribution >= 4 is 17.9 Å². The van der Waals surface area contributed by atoms with Crippen molar-refractivity contribution in [3.8, 4) is 0 Å². The van der Waals surface area contributed by atoms with Gasteiger partial charge in [0, 0.05) is 19.3 Å². The average Bonchev–Trinajstić information content (AvgIpc) is 3.30. The molecule has 0 radical (unpaired) electrons. The van der Waals surface area contributed by atoms with Crippen LogP contribution in [0.5, 0.6) is 0 Å². The minimum Gasteiger partial charge on any atom is -0.462 e. The molecule has 0 aliphatic rings. The monoisotopic (exact) mass is 947 g/mol. The van der Waals surface area contributed by atoms with Crippen LogP contribution in [0, 0.1) is 11.8 Å². The number of hydrogen-bond acceptors (Lipinski definition) is 6. The summed E-state index contributed by atoms with van der Waals surface area (Å²) in [4.78, 5) is 38.2. The van der Waals surface area contributed by atoms with Gasteiger partial charge in [0.05, 0.1) is 0 Å². The van der Waals surface area contributed by atoms with Crippen LogP contribution in [-0.2, 0) is 28.6 Å². The molecule has 0 spiro atoms. The zero-order chi connectivity index (χ0) is 48.9. The van der Waals surface area contributed by atoms with Gasteiger partial charge in [0.2, 0.25) is 0 Å². The normalized spacial score (nSPS) is 12.0. The van der Waals surface area contributed by atoms with Crippen molar-refractivity contribution in [2.24, 2.45) is 11.8 Å². The summed E-state index contributed by atoms with van der Waals surface area (Å²) in [5, 5.41) is 0. The van der Waals surface area contributed by atoms with Crippen LogP contribution in [-0.4, -0.2) is 37.2 Å².